The first-order chi connectivity index (χ1) is 16.5. The van der Waals surface area contributed by atoms with E-state index in [1.54, 1.807) is 30.3 Å². The summed E-state index contributed by atoms with van der Waals surface area (Å²) in [6.07, 6.45) is 2.60. The van der Waals surface area contributed by atoms with Gasteiger partial charge in [-0.1, -0.05) is 11.8 Å². The lowest BCUT2D eigenvalue weighted by atomic mass is 10.1. The van der Waals surface area contributed by atoms with Crippen LogP contribution in [0.2, 0.25) is 0 Å². The molecule has 8 nitrogen and oxygen atoms in total. The minimum Gasteiger partial charge on any atom is -0.372 e. The normalized spacial score (nSPS) is 15.6. The van der Waals surface area contributed by atoms with E-state index in [4.69, 9.17) is 4.74 Å². The van der Waals surface area contributed by atoms with Gasteiger partial charge in [-0.05, 0) is 37.3 Å². The van der Waals surface area contributed by atoms with Crippen LogP contribution in [0.1, 0.15) is 44.9 Å². The van der Waals surface area contributed by atoms with Gasteiger partial charge in [0.25, 0.3) is 5.91 Å². The molecular formula is C25H23FN6O2. The summed E-state index contributed by atoms with van der Waals surface area (Å²) < 4.78 is 20.9. The largest absolute Gasteiger partial charge is 0.372 e. The molecule has 9 heteroatoms. The van der Waals surface area contributed by atoms with E-state index in [0.29, 0.717) is 34.9 Å². The number of aromatic nitrogens is 5. The first-order valence-electron chi connectivity index (χ1n) is 10.9. The molecule has 1 aliphatic heterocycles. The monoisotopic (exact) mass is 458 g/mol. The average Bonchev–Trinajstić information content (AvgIpc) is 3.51. The Morgan fingerprint density at radius 1 is 1.38 bits per heavy atom. The standard InChI is InChI=1S/C25H23FN6O2/c1-15-9-16(5-4-8-34-2)10-20(29-15)25(33)31-22(19-11-17-6-3-7-27-24(17)30-19)23-21-12-18(26)13-32(21)14-28-23/h3,6-7,9-11,14,18,22H,8,12-13H2,1-2H3,(H,27,30)(H,31,33)/t18-,22?/m1/s1. The topological polar surface area (TPSA) is 97.7 Å². The zero-order chi connectivity index (χ0) is 23.7. The number of amides is 1. The Bertz CT molecular complexity index is 1400. The SMILES string of the molecule is COCC#Cc1cc(C)nc(C(=O)NC(c2cc3cccnc3[nH]2)c2ncn3c2C[C@@H](F)C3)c1. The molecule has 0 saturated heterocycles. The van der Waals surface area contributed by atoms with Crippen LogP contribution in [0, 0.1) is 18.8 Å². The number of alkyl halides is 1. The highest BCUT2D eigenvalue weighted by molar-refractivity contribution is 5.93. The van der Waals surface area contributed by atoms with Gasteiger partial charge in [0.05, 0.1) is 18.6 Å². The van der Waals surface area contributed by atoms with E-state index in [9.17, 15) is 9.18 Å². The van der Waals surface area contributed by atoms with Crippen LogP contribution in [-0.2, 0) is 17.7 Å². The van der Waals surface area contributed by atoms with Crippen molar-refractivity contribution in [3.05, 3.63) is 76.9 Å². The number of aryl methyl sites for hydroxylation is 1. The molecule has 4 aromatic heterocycles. The number of H-pyrrole nitrogens is 1. The smallest absolute Gasteiger partial charge is 0.270 e. The number of carbonyl (C=O) groups excluding carboxylic acids is 1. The molecule has 4 aromatic rings. The highest BCUT2D eigenvalue weighted by Crippen LogP contribution is 2.30. The number of halogens is 1. The van der Waals surface area contributed by atoms with E-state index < -0.39 is 12.2 Å². The van der Waals surface area contributed by atoms with Gasteiger partial charge in [-0.15, -0.1) is 0 Å². The molecule has 0 saturated carbocycles. The molecule has 34 heavy (non-hydrogen) atoms. The Kier molecular flexibility index (Phi) is 5.82. The number of hydrogen-bond acceptors (Lipinski definition) is 5. The molecule has 1 aliphatic rings. The Morgan fingerprint density at radius 3 is 3.09 bits per heavy atom. The van der Waals surface area contributed by atoms with Gasteiger partial charge < -0.3 is 19.6 Å². The second kappa shape index (κ2) is 9.08. The molecule has 1 amide bonds. The summed E-state index contributed by atoms with van der Waals surface area (Å²) in [4.78, 5) is 29.9. The maximum atomic E-state index is 14.1. The molecule has 172 valence electrons. The van der Waals surface area contributed by atoms with Crippen LogP contribution >= 0.6 is 0 Å². The summed E-state index contributed by atoms with van der Waals surface area (Å²) in [7, 11) is 1.57. The van der Waals surface area contributed by atoms with Gasteiger partial charge in [0.15, 0.2) is 0 Å². The van der Waals surface area contributed by atoms with Crippen molar-refractivity contribution >= 4 is 16.9 Å². The van der Waals surface area contributed by atoms with Gasteiger partial charge in [0.1, 0.15) is 30.2 Å². The number of nitrogens with zero attached hydrogens (tertiary/aromatic N) is 4. The number of rotatable bonds is 5. The molecule has 5 heterocycles. The molecule has 0 aliphatic carbocycles. The lowest BCUT2D eigenvalue weighted by molar-refractivity contribution is 0.0936. The van der Waals surface area contributed by atoms with E-state index in [1.807, 2.05) is 31.2 Å². The quantitative estimate of drug-likeness (QED) is 0.448. The fraction of sp³-hybridized carbons (Fsp3) is 0.280. The minimum absolute atomic E-state index is 0.236. The van der Waals surface area contributed by atoms with E-state index in [1.165, 1.54) is 0 Å². The number of fused-ring (bicyclic) bond motifs is 2. The number of aromatic amines is 1. The number of nitrogens with one attached hydrogen (secondary N) is 2. The first kappa shape index (κ1) is 21.8. The van der Waals surface area contributed by atoms with Gasteiger partial charge >= 0.3 is 0 Å². The van der Waals surface area contributed by atoms with Crippen molar-refractivity contribution in [3.8, 4) is 11.8 Å². The molecule has 0 fully saturated rings. The summed E-state index contributed by atoms with van der Waals surface area (Å²) in [6, 6.07) is 8.52. The maximum absolute atomic E-state index is 14.1. The van der Waals surface area contributed by atoms with Crippen molar-refractivity contribution in [1.29, 1.82) is 0 Å². The highest BCUT2D eigenvalue weighted by Gasteiger charge is 2.31. The van der Waals surface area contributed by atoms with Crippen LogP contribution in [0.4, 0.5) is 4.39 Å². The molecule has 0 aromatic carbocycles. The van der Waals surface area contributed by atoms with Crippen molar-refractivity contribution < 1.29 is 13.9 Å². The molecule has 2 atom stereocenters. The van der Waals surface area contributed by atoms with E-state index in [-0.39, 0.29) is 24.6 Å². The predicted octanol–water partition coefficient (Wildman–Crippen LogP) is 2.87. The van der Waals surface area contributed by atoms with Gasteiger partial charge in [0.2, 0.25) is 0 Å². The Balaban J connectivity index is 1.52. The number of carbonyl (C=O) groups is 1. The van der Waals surface area contributed by atoms with Crippen LogP contribution < -0.4 is 5.32 Å². The molecule has 0 radical (unpaired) electrons. The van der Waals surface area contributed by atoms with Crippen molar-refractivity contribution in [3.63, 3.8) is 0 Å². The number of hydrogen-bond donors (Lipinski definition) is 2. The highest BCUT2D eigenvalue weighted by atomic mass is 19.1. The van der Waals surface area contributed by atoms with Crippen LogP contribution in [0.3, 0.4) is 0 Å². The van der Waals surface area contributed by atoms with Crippen LogP contribution in [-0.4, -0.2) is 50.3 Å². The first-order valence-corrected chi connectivity index (χ1v) is 10.9. The molecule has 0 spiro atoms. The molecule has 1 unspecified atom stereocenters. The fourth-order valence-corrected chi connectivity index (χ4v) is 4.23. The second-order valence-corrected chi connectivity index (χ2v) is 8.22. The van der Waals surface area contributed by atoms with Crippen LogP contribution in [0.15, 0.2) is 42.9 Å². The number of pyridine rings is 2. The third-order valence-corrected chi connectivity index (χ3v) is 5.70. The summed E-state index contributed by atoms with van der Waals surface area (Å²) in [5, 5.41) is 3.95. The minimum atomic E-state index is -0.968. The Hall–Kier alpha value is -4.03. The molecule has 0 bridgehead atoms. The van der Waals surface area contributed by atoms with E-state index in [2.05, 4.69) is 37.1 Å². The lowest BCUT2D eigenvalue weighted by Gasteiger charge is -2.17. The summed E-state index contributed by atoms with van der Waals surface area (Å²) in [5.41, 5.74) is 4.35. The van der Waals surface area contributed by atoms with Crippen molar-refractivity contribution in [2.75, 3.05) is 13.7 Å². The van der Waals surface area contributed by atoms with Gasteiger partial charge in [0, 0.05) is 47.8 Å². The van der Waals surface area contributed by atoms with Gasteiger partial charge in [-0.25, -0.2) is 19.3 Å². The zero-order valence-corrected chi connectivity index (χ0v) is 18.8. The van der Waals surface area contributed by atoms with E-state index in [0.717, 1.165) is 11.1 Å². The summed E-state index contributed by atoms with van der Waals surface area (Å²) >= 11 is 0. The molecule has 5 rings (SSSR count). The van der Waals surface area contributed by atoms with Crippen molar-refractivity contribution in [2.45, 2.75) is 32.1 Å². The average molecular weight is 458 g/mol. The van der Waals surface area contributed by atoms with Crippen molar-refractivity contribution in [2.24, 2.45) is 0 Å². The molecule has 2 N–H and O–H groups in total. The number of ether oxygens (including phenoxy) is 1. The number of imidazole rings is 1. The lowest BCUT2D eigenvalue weighted by Crippen LogP contribution is -2.31. The maximum Gasteiger partial charge on any atom is 0.270 e. The van der Waals surface area contributed by atoms with Crippen molar-refractivity contribution in [1.82, 2.24) is 29.8 Å². The Labute approximate surface area is 195 Å². The van der Waals surface area contributed by atoms with Crippen LogP contribution in [0.5, 0.6) is 0 Å². The van der Waals surface area contributed by atoms with Gasteiger partial charge in [-0.2, -0.15) is 0 Å². The second-order valence-electron chi connectivity index (χ2n) is 8.22. The third kappa shape index (κ3) is 4.28. The fourth-order valence-electron chi connectivity index (χ4n) is 4.23. The van der Waals surface area contributed by atoms with Gasteiger partial charge in [-0.3, -0.25) is 4.79 Å². The summed E-state index contributed by atoms with van der Waals surface area (Å²) in [5.74, 6) is 5.49. The van der Waals surface area contributed by atoms with E-state index >= 15 is 0 Å². The van der Waals surface area contributed by atoms with Crippen LogP contribution in [0.25, 0.3) is 11.0 Å². The zero-order valence-electron chi connectivity index (χ0n) is 18.8. The predicted molar refractivity (Wildman–Crippen MR) is 124 cm³/mol. The molecular weight excluding hydrogens is 435 g/mol. The Morgan fingerprint density at radius 2 is 2.26 bits per heavy atom. The number of methoxy groups -OCH3 is 1. The summed E-state index contributed by atoms with van der Waals surface area (Å²) in [6.45, 7) is 2.36. The third-order valence-electron chi connectivity index (χ3n) is 5.70.